The van der Waals surface area contributed by atoms with E-state index < -0.39 is 17.4 Å². The highest BCUT2D eigenvalue weighted by Gasteiger charge is 2.36. The second-order valence-electron chi connectivity index (χ2n) is 7.67. The summed E-state index contributed by atoms with van der Waals surface area (Å²) in [6.07, 6.45) is 1.56. The number of phenolic OH excluding ortho intramolecular Hbond substituents is 2. The van der Waals surface area contributed by atoms with Crippen molar-refractivity contribution in [2.24, 2.45) is 5.73 Å². The third-order valence-electron chi connectivity index (χ3n) is 5.71. The predicted octanol–water partition coefficient (Wildman–Crippen LogP) is 0.939. The number of aromatic nitrogens is 1. The number of hydrogen-bond acceptors (Lipinski definition) is 10. The summed E-state index contributed by atoms with van der Waals surface area (Å²) in [6, 6.07) is 11.0. The minimum absolute atomic E-state index is 0.0339. The van der Waals surface area contributed by atoms with Gasteiger partial charge in [0, 0.05) is 0 Å². The number of carbonyl (C=O) groups excluding carboxylic acids is 1. The van der Waals surface area contributed by atoms with Gasteiger partial charge < -0.3 is 30.2 Å². The summed E-state index contributed by atoms with van der Waals surface area (Å²) in [6.45, 7) is 0. The first kappa shape index (κ1) is 24.4. The van der Waals surface area contributed by atoms with Crippen LogP contribution in [0.4, 0.5) is 0 Å². The summed E-state index contributed by atoms with van der Waals surface area (Å²) in [5.74, 6) is -1.67. The number of nitrogens with two attached hydrogens (primary N) is 1. The number of nitrogens with zero attached hydrogens (tertiary/aromatic N) is 2. The smallest absolute Gasteiger partial charge is 0.337 e. The van der Waals surface area contributed by atoms with E-state index in [1.807, 2.05) is 6.07 Å². The SMILES string of the molecule is COC(=O)C1=c2sc(=Cc3ccc(O)c(OC)c3)c(=O)n2C(N)=C(C#N)C1c1ccc(O)c(OC)c1. The summed E-state index contributed by atoms with van der Waals surface area (Å²) in [7, 11) is 3.98. The topological polar surface area (TPSA) is 157 Å². The van der Waals surface area contributed by atoms with Gasteiger partial charge in [0.25, 0.3) is 5.56 Å². The van der Waals surface area contributed by atoms with Crippen molar-refractivity contribution in [1.82, 2.24) is 4.57 Å². The Bertz CT molecular complexity index is 1640. The number of methoxy groups -OCH3 is 3. The van der Waals surface area contributed by atoms with Crippen molar-refractivity contribution >= 4 is 34.8 Å². The molecule has 184 valence electrons. The van der Waals surface area contributed by atoms with Gasteiger partial charge in [-0.2, -0.15) is 5.26 Å². The maximum Gasteiger partial charge on any atom is 0.337 e. The molecule has 4 N–H and O–H groups in total. The van der Waals surface area contributed by atoms with Gasteiger partial charge in [-0.05, 0) is 41.5 Å². The summed E-state index contributed by atoms with van der Waals surface area (Å²) in [5, 5.41) is 29.9. The van der Waals surface area contributed by atoms with E-state index in [1.165, 1.54) is 45.6 Å². The number of rotatable bonds is 5. The number of phenols is 2. The Kier molecular flexibility index (Phi) is 6.46. The van der Waals surface area contributed by atoms with Crippen LogP contribution >= 0.6 is 11.3 Å². The van der Waals surface area contributed by atoms with Gasteiger partial charge in [-0.1, -0.05) is 12.1 Å². The largest absolute Gasteiger partial charge is 0.504 e. The highest BCUT2D eigenvalue weighted by Crippen LogP contribution is 2.39. The summed E-state index contributed by atoms with van der Waals surface area (Å²) in [5.41, 5.74) is 6.79. The number of aromatic hydroxyl groups is 2. The van der Waals surface area contributed by atoms with Crippen LogP contribution in [0.25, 0.3) is 17.5 Å². The number of allylic oxidation sites excluding steroid dienone is 1. The number of hydrogen-bond donors (Lipinski definition) is 3. The molecule has 36 heavy (non-hydrogen) atoms. The molecule has 3 aromatic rings. The first-order valence-electron chi connectivity index (χ1n) is 10.5. The van der Waals surface area contributed by atoms with Crippen LogP contribution in [0.2, 0.25) is 0 Å². The fraction of sp³-hybridized carbons (Fsp3) is 0.160. The number of ether oxygens (including phenoxy) is 3. The van der Waals surface area contributed by atoms with Crippen molar-refractivity contribution in [3.63, 3.8) is 0 Å². The van der Waals surface area contributed by atoms with E-state index in [4.69, 9.17) is 19.9 Å². The van der Waals surface area contributed by atoms with Crippen LogP contribution in [-0.2, 0) is 9.53 Å². The Morgan fingerprint density at radius 1 is 1.11 bits per heavy atom. The minimum atomic E-state index is -0.975. The Hall–Kier alpha value is -4.69. The molecule has 0 bridgehead atoms. The first-order chi connectivity index (χ1) is 17.2. The maximum atomic E-state index is 13.4. The molecule has 10 nitrogen and oxygen atoms in total. The van der Waals surface area contributed by atoms with E-state index in [9.17, 15) is 25.1 Å². The van der Waals surface area contributed by atoms with E-state index in [-0.39, 0.29) is 49.2 Å². The molecule has 2 heterocycles. The van der Waals surface area contributed by atoms with E-state index in [1.54, 1.807) is 18.2 Å². The lowest BCUT2D eigenvalue weighted by molar-refractivity contribution is -0.134. The van der Waals surface area contributed by atoms with Gasteiger partial charge in [0.2, 0.25) is 0 Å². The molecule has 4 rings (SSSR count). The molecular weight excluding hydrogens is 486 g/mol. The van der Waals surface area contributed by atoms with Crippen LogP contribution in [0.3, 0.4) is 0 Å². The Labute approximate surface area is 208 Å². The van der Waals surface area contributed by atoms with Crippen molar-refractivity contribution in [3.05, 3.63) is 72.6 Å². The lowest BCUT2D eigenvalue weighted by Crippen LogP contribution is -2.40. The standard InChI is InChI=1S/C25H21N3O7S/c1-33-17-8-12(4-6-15(17)29)9-19-23(31)28-22(27)14(11-26)20(21(24(28)36-19)25(32)35-3)13-5-7-16(30)18(10-13)34-2/h4-10,20,29-30H,27H2,1-3H3. The van der Waals surface area contributed by atoms with Crippen LogP contribution < -0.4 is 30.0 Å². The van der Waals surface area contributed by atoms with Crippen molar-refractivity contribution in [2.75, 3.05) is 21.3 Å². The van der Waals surface area contributed by atoms with E-state index >= 15 is 0 Å². The van der Waals surface area contributed by atoms with Gasteiger partial charge in [0.1, 0.15) is 10.5 Å². The lowest BCUT2D eigenvalue weighted by Gasteiger charge is -2.24. The maximum absolute atomic E-state index is 13.4. The van der Waals surface area contributed by atoms with Crippen molar-refractivity contribution in [2.45, 2.75) is 5.92 Å². The minimum Gasteiger partial charge on any atom is -0.504 e. The number of esters is 1. The van der Waals surface area contributed by atoms with Crippen LogP contribution in [0, 0.1) is 11.3 Å². The number of carbonyl (C=O) groups is 1. The second-order valence-corrected chi connectivity index (χ2v) is 8.70. The number of fused-ring (bicyclic) bond motifs is 1. The quantitative estimate of drug-likeness (QED) is 0.428. The molecule has 1 aliphatic rings. The van der Waals surface area contributed by atoms with Crippen molar-refractivity contribution in [1.29, 1.82) is 5.26 Å². The van der Waals surface area contributed by atoms with Crippen LogP contribution in [0.1, 0.15) is 17.0 Å². The fourth-order valence-electron chi connectivity index (χ4n) is 4.00. The van der Waals surface area contributed by atoms with E-state index in [0.717, 1.165) is 15.9 Å². The molecule has 0 amide bonds. The summed E-state index contributed by atoms with van der Waals surface area (Å²) in [4.78, 5) is 26.4. The third-order valence-corrected chi connectivity index (χ3v) is 6.82. The zero-order chi connectivity index (χ0) is 26.1. The zero-order valence-electron chi connectivity index (χ0n) is 19.4. The average Bonchev–Trinajstić information content (AvgIpc) is 3.20. The highest BCUT2D eigenvalue weighted by atomic mass is 32.1. The molecule has 11 heteroatoms. The Morgan fingerprint density at radius 2 is 1.75 bits per heavy atom. The van der Waals surface area contributed by atoms with Gasteiger partial charge in [-0.25, -0.2) is 4.79 Å². The number of benzene rings is 2. The average molecular weight is 508 g/mol. The second kappa shape index (κ2) is 9.52. The van der Waals surface area contributed by atoms with Gasteiger partial charge >= 0.3 is 5.97 Å². The molecule has 0 fully saturated rings. The van der Waals surface area contributed by atoms with Gasteiger partial charge in [0.05, 0.1) is 49.0 Å². The fourth-order valence-corrected chi connectivity index (χ4v) is 5.16. The van der Waals surface area contributed by atoms with Gasteiger partial charge in [0.15, 0.2) is 23.0 Å². The molecule has 0 saturated heterocycles. The molecule has 1 unspecified atom stereocenters. The van der Waals surface area contributed by atoms with E-state index in [2.05, 4.69) is 0 Å². The Morgan fingerprint density at radius 3 is 2.36 bits per heavy atom. The van der Waals surface area contributed by atoms with Crippen LogP contribution in [-0.4, -0.2) is 42.1 Å². The molecule has 0 spiro atoms. The number of thiazole rings is 1. The van der Waals surface area contributed by atoms with Gasteiger partial charge in [-0.15, -0.1) is 11.3 Å². The molecule has 2 aromatic carbocycles. The Balaban J connectivity index is 2.07. The molecule has 1 aromatic heterocycles. The molecular formula is C25H21N3O7S. The molecule has 1 atom stereocenters. The van der Waals surface area contributed by atoms with Gasteiger partial charge in [-0.3, -0.25) is 9.36 Å². The van der Waals surface area contributed by atoms with E-state index in [0.29, 0.717) is 11.1 Å². The number of nitriles is 1. The normalized spacial score (nSPS) is 15.3. The first-order valence-corrected chi connectivity index (χ1v) is 11.3. The molecule has 0 aliphatic carbocycles. The predicted molar refractivity (Wildman–Crippen MR) is 132 cm³/mol. The third kappa shape index (κ3) is 3.93. The molecule has 0 radical (unpaired) electrons. The van der Waals surface area contributed by atoms with Crippen molar-refractivity contribution < 1.29 is 29.2 Å². The van der Waals surface area contributed by atoms with Crippen LogP contribution in [0.5, 0.6) is 23.0 Å². The monoisotopic (exact) mass is 507 g/mol. The zero-order valence-corrected chi connectivity index (χ0v) is 20.3. The molecule has 1 aliphatic heterocycles. The van der Waals surface area contributed by atoms with Crippen molar-refractivity contribution in [3.8, 4) is 29.1 Å². The summed E-state index contributed by atoms with van der Waals surface area (Å²) >= 11 is 1.00. The lowest BCUT2D eigenvalue weighted by atomic mass is 9.83. The highest BCUT2D eigenvalue weighted by molar-refractivity contribution is 7.07. The summed E-state index contributed by atoms with van der Waals surface area (Å²) < 4.78 is 16.9. The molecule has 0 saturated carbocycles. The van der Waals surface area contributed by atoms with Crippen LogP contribution in [0.15, 0.2) is 46.8 Å².